The van der Waals surface area contributed by atoms with Gasteiger partial charge in [-0.1, -0.05) is 245 Å². The number of nitrogens with zero attached hydrogens (tertiary/aromatic N) is 5. The average molecular weight is 1280 g/mol. The zero-order chi connectivity index (χ0) is 72.8. The van der Waals surface area contributed by atoms with Gasteiger partial charge in [-0.05, 0) is 152 Å². The molecule has 0 amide bonds. The Hall–Kier alpha value is -12.6. The van der Waals surface area contributed by atoms with Crippen LogP contribution >= 0.6 is 0 Å². The fourth-order valence-electron chi connectivity index (χ4n) is 17.5. The molecular weight excluding hydrogens is 1210 g/mol. The number of hydrogen-bond donors (Lipinski definition) is 0. The summed E-state index contributed by atoms with van der Waals surface area (Å²) in [4.78, 5) is 5.01. The second-order valence-electron chi connectivity index (χ2n) is 28.1. The van der Waals surface area contributed by atoms with Crippen LogP contribution in [0.4, 0.5) is 34.1 Å². The summed E-state index contributed by atoms with van der Waals surface area (Å²) in [5.41, 5.74) is 24.8. The van der Waals surface area contributed by atoms with Crippen LogP contribution in [0.1, 0.15) is 37.3 Å². The van der Waals surface area contributed by atoms with Gasteiger partial charge in [-0.25, -0.2) is 0 Å². The van der Waals surface area contributed by atoms with E-state index in [2.05, 4.69) is 306 Å². The summed E-state index contributed by atoms with van der Waals surface area (Å²) in [5, 5.41) is 9.07. The van der Waals surface area contributed by atoms with E-state index in [0.29, 0.717) is 5.69 Å². The number of fused-ring (bicyclic) bond motifs is 19. The highest BCUT2D eigenvalue weighted by atomic mass is 15.2. The zero-order valence-corrected chi connectivity index (χ0v) is 54.8. The van der Waals surface area contributed by atoms with Crippen molar-refractivity contribution >= 4 is 155 Å². The summed E-state index contributed by atoms with van der Waals surface area (Å²) in [5.74, 6) is 0. The Morgan fingerprint density at radius 2 is 0.770 bits per heavy atom. The van der Waals surface area contributed by atoms with Crippen molar-refractivity contribution in [1.82, 2.24) is 13.4 Å². The monoisotopic (exact) mass is 1280 g/mol. The number of benzene rings is 15. The van der Waals surface area contributed by atoms with E-state index >= 15 is 0 Å². The largest absolute Gasteiger partial charge is 0.311 e. The molecule has 15 aromatic carbocycles. The fraction of sp³-hybridized carbons (Fsp3) is 0.0426. The van der Waals surface area contributed by atoms with Gasteiger partial charge in [-0.15, -0.1) is 0 Å². The van der Waals surface area contributed by atoms with Crippen molar-refractivity contribution < 1.29 is 11.0 Å². The van der Waals surface area contributed by atoms with Crippen molar-refractivity contribution in [2.24, 2.45) is 0 Å². The molecule has 5 nitrogen and oxygen atoms in total. The van der Waals surface area contributed by atoms with Gasteiger partial charge in [-0.2, -0.15) is 0 Å². The molecule has 2 aliphatic rings. The molecule has 5 aromatic heterocycles. The maximum atomic E-state index is 9.92. The Morgan fingerprint density at radius 1 is 0.300 bits per heavy atom. The Morgan fingerprint density at radius 3 is 1.31 bits per heavy atom. The van der Waals surface area contributed by atoms with Gasteiger partial charge in [-0.3, -0.25) is 0 Å². The lowest BCUT2D eigenvalue weighted by atomic mass is 9.33. The quantitative estimate of drug-likeness (QED) is 0.148. The highest BCUT2D eigenvalue weighted by molar-refractivity contribution is 7.00. The van der Waals surface area contributed by atoms with Crippen LogP contribution in [0.15, 0.2) is 321 Å². The average Bonchev–Trinajstić information content (AvgIpc) is 0.974. The molecule has 0 saturated heterocycles. The molecule has 0 N–H and O–H groups in total. The van der Waals surface area contributed by atoms with Gasteiger partial charge < -0.3 is 23.2 Å². The first-order chi connectivity index (χ1) is 52.6. The SMILES string of the molecule is [2H]c1c([2H])c([2H])c2c(c1[2H])c1c([2H])c([2H])c([2H])c([2H])c1n2-c1ccc2c(c1)N(c1c(-c3cc4c5ccccc5n5c6ccccc6c(c3)c45)cccc1-c1cc3c4ccccc4n4c5ccccc5c(c1)c34)c1cc(C(C)(C)C)cc3c1B2c1cc(-c2ccccc2)ccc1N3c1ccccc1-c1ccccc1. The third kappa shape index (κ3) is 7.62. The first-order valence-electron chi connectivity index (χ1n) is 38.4. The van der Waals surface area contributed by atoms with Gasteiger partial charge >= 0.3 is 0 Å². The summed E-state index contributed by atoms with van der Waals surface area (Å²) < 4.78 is 82.6. The van der Waals surface area contributed by atoms with Gasteiger partial charge in [0.05, 0.1) is 66.5 Å². The molecule has 0 unspecified atom stereocenters. The number of para-hydroxylation sites is 8. The van der Waals surface area contributed by atoms with Gasteiger partial charge in [0, 0.05) is 99.0 Å². The molecule has 6 heteroatoms. The molecule has 0 fully saturated rings. The molecule has 0 radical (unpaired) electrons. The van der Waals surface area contributed by atoms with Crippen molar-refractivity contribution in [2.75, 3.05) is 9.80 Å². The molecule has 100 heavy (non-hydrogen) atoms. The van der Waals surface area contributed by atoms with Gasteiger partial charge in [0.2, 0.25) is 0 Å². The van der Waals surface area contributed by atoms with E-state index in [0.717, 1.165) is 177 Å². The molecule has 2 aliphatic heterocycles. The molecular formula is C94H62BN5. The van der Waals surface area contributed by atoms with E-state index in [9.17, 15) is 8.22 Å². The summed E-state index contributed by atoms with van der Waals surface area (Å²) in [7, 11) is 0. The van der Waals surface area contributed by atoms with Crippen LogP contribution in [-0.2, 0) is 5.41 Å². The van der Waals surface area contributed by atoms with Crippen LogP contribution in [0.5, 0.6) is 0 Å². The molecule has 0 atom stereocenters. The fourth-order valence-corrected chi connectivity index (χ4v) is 17.5. The predicted molar refractivity (Wildman–Crippen MR) is 425 cm³/mol. The molecule has 466 valence electrons. The molecule has 0 saturated carbocycles. The standard InChI is InChI=1S/C94H62BN5/c1-94(2,3)62-54-88-90-89(55-62)100(87-56-63(96-80-39-18-11-30-67(80)68-31-12-19-40-81(68)96)46-47-77(87)95(90)78-53-59(57-25-6-4-7-26-57)45-48-86(78)97(88)79-38-17-10-29-64(79)58-27-8-5-9-28-58)91-65(60-49-73-69-32-13-20-41-82(69)98-83-42-21-14-33-70(83)74(50-60)92(73)98)36-24-37-66(91)61-51-75-71-34-15-22-43-84(71)99-85-44-23-16-35-72(85)76(52-61)93(75)99/h4-56H,1-3H3/i11D,12D,18D,19D,30D,31D,39D,40D. The minimum Gasteiger partial charge on any atom is -0.311 e. The highest BCUT2D eigenvalue weighted by Crippen LogP contribution is 2.55. The topological polar surface area (TPSA) is 20.2 Å². The molecule has 20 aromatic rings. The van der Waals surface area contributed by atoms with Crippen LogP contribution in [0.2, 0.25) is 0 Å². The lowest BCUT2D eigenvalue weighted by Gasteiger charge is -2.46. The molecule has 0 bridgehead atoms. The van der Waals surface area contributed by atoms with Gasteiger partial charge in [0.25, 0.3) is 6.71 Å². The lowest BCUT2D eigenvalue weighted by molar-refractivity contribution is 0.590. The van der Waals surface area contributed by atoms with E-state index in [4.69, 9.17) is 2.74 Å². The van der Waals surface area contributed by atoms with Crippen LogP contribution in [-0.4, -0.2) is 20.1 Å². The van der Waals surface area contributed by atoms with Crippen molar-refractivity contribution in [2.45, 2.75) is 26.2 Å². The van der Waals surface area contributed by atoms with Gasteiger partial charge in [0.1, 0.15) is 0 Å². The third-order valence-corrected chi connectivity index (χ3v) is 21.8. The molecule has 0 aliphatic carbocycles. The van der Waals surface area contributed by atoms with Crippen LogP contribution in [0.25, 0.3) is 148 Å². The van der Waals surface area contributed by atoms with E-state index in [1.165, 1.54) is 0 Å². The summed E-state index contributed by atoms with van der Waals surface area (Å²) in [6, 6.07) is 95.8. The van der Waals surface area contributed by atoms with Crippen molar-refractivity contribution in [3.05, 3.63) is 327 Å². The zero-order valence-electron chi connectivity index (χ0n) is 62.8. The number of anilines is 6. The Bertz CT molecular complexity index is 6910. The second-order valence-corrected chi connectivity index (χ2v) is 28.1. The highest BCUT2D eigenvalue weighted by Gasteiger charge is 2.46. The number of hydrogen-bond acceptors (Lipinski definition) is 2. The van der Waals surface area contributed by atoms with Crippen LogP contribution < -0.4 is 26.2 Å². The van der Waals surface area contributed by atoms with Crippen molar-refractivity contribution in [3.63, 3.8) is 0 Å². The first kappa shape index (κ1) is 48.1. The summed E-state index contributed by atoms with van der Waals surface area (Å²) >= 11 is 0. The number of aromatic nitrogens is 3. The normalized spacial score (nSPS) is 14.2. The van der Waals surface area contributed by atoms with Crippen molar-refractivity contribution in [3.8, 4) is 50.2 Å². The van der Waals surface area contributed by atoms with E-state index in [-0.39, 0.29) is 33.9 Å². The number of rotatable bonds is 7. The van der Waals surface area contributed by atoms with Crippen molar-refractivity contribution in [1.29, 1.82) is 0 Å². The summed E-state index contributed by atoms with van der Waals surface area (Å²) in [6.07, 6.45) is 0. The minimum atomic E-state index is -0.498. The predicted octanol–water partition coefficient (Wildman–Crippen LogP) is 23.1. The molecule has 22 rings (SSSR count). The summed E-state index contributed by atoms with van der Waals surface area (Å²) in [6.45, 7) is 6.39. The van der Waals surface area contributed by atoms with E-state index in [1.54, 1.807) is 4.57 Å². The third-order valence-electron chi connectivity index (χ3n) is 21.8. The maximum absolute atomic E-state index is 9.92. The Labute approximate surface area is 589 Å². The Balaban J connectivity index is 0.942. The van der Waals surface area contributed by atoms with E-state index in [1.807, 2.05) is 6.07 Å². The molecule has 0 spiro atoms. The lowest BCUT2D eigenvalue weighted by Crippen LogP contribution is -2.61. The first-order valence-corrected chi connectivity index (χ1v) is 34.4. The van der Waals surface area contributed by atoms with Gasteiger partial charge in [0.15, 0.2) is 0 Å². The van der Waals surface area contributed by atoms with Crippen LogP contribution in [0, 0.1) is 0 Å². The smallest absolute Gasteiger partial charge is 0.252 e. The molecule has 7 heterocycles. The van der Waals surface area contributed by atoms with Crippen LogP contribution in [0.3, 0.4) is 0 Å². The van der Waals surface area contributed by atoms with E-state index < -0.39 is 48.4 Å². The second kappa shape index (κ2) is 20.5. The Kier molecular flexibility index (Phi) is 9.85. The minimum absolute atomic E-state index is 0.0125. The maximum Gasteiger partial charge on any atom is 0.252 e.